The van der Waals surface area contributed by atoms with Crippen molar-refractivity contribution < 1.29 is 9.90 Å². The number of aromatic carboxylic acids is 1. The fraction of sp³-hybridized carbons (Fsp3) is 0.100. The Balaban J connectivity index is 2.78. The topological polar surface area (TPSA) is 63.1 Å². The van der Waals surface area contributed by atoms with Crippen LogP contribution in [0.3, 0.4) is 0 Å². The highest BCUT2D eigenvalue weighted by molar-refractivity contribution is 5.90. The molecule has 0 aliphatic heterocycles. The molecule has 70 valence electrons. The number of aryl methyl sites for hydroxylation is 1. The number of rotatable bonds is 1. The molecule has 0 atom stereocenters. The Bertz CT molecular complexity index is 508. The lowest BCUT2D eigenvalue weighted by atomic mass is 10.1. The average Bonchev–Trinajstić information content (AvgIpc) is 2.17. The van der Waals surface area contributed by atoms with E-state index >= 15 is 0 Å². The molecular formula is C10H8N2O2. The van der Waals surface area contributed by atoms with Gasteiger partial charge in [-0.2, -0.15) is 0 Å². The lowest BCUT2D eigenvalue weighted by Gasteiger charge is -2.01. The SMILES string of the molecule is Cc1cc(C(=O)O)nc2cnccc12. The summed E-state index contributed by atoms with van der Waals surface area (Å²) in [6.45, 7) is 1.86. The highest BCUT2D eigenvalue weighted by Gasteiger charge is 2.07. The first-order valence-electron chi connectivity index (χ1n) is 4.13. The monoisotopic (exact) mass is 188 g/mol. The summed E-state index contributed by atoms with van der Waals surface area (Å²) in [5.74, 6) is -1.01. The predicted molar refractivity (Wildman–Crippen MR) is 51.2 cm³/mol. The average molecular weight is 188 g/mol. The van der Waals surface area contributed by atoms with Crippen LogP contribution in [-0.2, 0) is 0 Å². The summed E-state index contributed by atoms with van der Waals surface area (Å²) in [6.07, 6.45) is 3.23. The van der Waals surface area contributed by atoms with Gasteiger partial charge >= 0.3 is 5.97 Å². The summed E-state index contributed by atoms with van der Waals surface area (Å²) in [5.41, 5.74) is 1.57. The van der Waals surface area contributed by atoms with Crippen LogP contribution >= 0.6 is 0 Å². The molecule has 2 aromatic heterocycles. The fourth-order valence-electron chi connectivity index (χ4n) is 1.36. The summed E-state index contributed by atoms with van der Waals surface area (Å²) >= 11 is 0. The number of carbonyl (C=O) groups is 1. The maximum absolute atomic E-state index is 10.7. The molecule has 0 radical (unpaired) electrons. The van der Waals surface area contributed by atoms with Crippen molar-refractivity contribution in [2.75, 3.05) is 0 Å². The molecule has 0 amide bonds. The van der Waals surface area contributed by atoms with Crippen molar-refractivity contribution in [2.24, 2.45) is 0 Å². The van der Waals surface area contributed by atoms with E-state index < -0.39 is 5.97 Å². The maximum Gasteiger partial charge on any atom is 0.354 e. The molecule has 4 nitrogen and oxygen atoms in total. The van der Waals surface area contributed by atoms with Crippen molar-refractivity contribution in [3.8, 4) is 0 Å². The second kappa shape index (κ2) is 3.06. The van der Waals surface area contributed by atoms with Gasteiger partial charge in [-0.25, -0.2) is 9.78 Å². The van der Waals surface area contributed by atoms with E-state index in [0.29, 0.717) is 5.52 Å². The van der Waals surface area contributed by atoms with Crippen molar-refractivity contribution in [1.82, 2.24) is 9.97 Å². The van der Waals surface area contributed by atoms with E-state index in [9.17, 15) is 4.79 Å². The van der Waals surface area contributed by atoms with Gasteiger partial charge in [0.05, 0.1) is 11.7 Å². The zero-order valence-corrected chi connectivity index (χ0v) is 7.56. The third-order valence-corrected chi connectivity index (χ3v) is 2.04. The molecule has 0 spiro atoms. The minimum Gasteiger partial charge on any atom is -0.477 e. The molecule has 2 rings (SSSR count). The van der Waals surface area contributed by atoms with Gasteiger partial charge in [0.1, 0.15) is 5.69 Å². The molecular weight excluding hydrogens is 180 g/mol. The molecule has 1 N–H and O–H groups in total. The third-order valence-electron chi connectivity index (χ3n) is 2.04. The number of carboxylic acid groups (broad SMARTS) is 1. The van der Waals surface area contributed by atoms with Crippen molar-refractivity contribution in [3.05, 3.63) is 35.8 Å². The molecule has 0 unspecified atom stereocenters. The number of hydrogen-bond acceptors (Lipinski definition) is 3. The maximum atomic E-state index is 10.7. The number of aromatic nitrogens is 2. The first kappa shape index (κ1) is 8.62. The number of fused-ring (bicyclic) bond motifs is 1. The van der Waals surface area contributed by atoms with Gasteiger partial charge in [0.2, 0.25) is 0 Å². The zero-order valence-electron chi connectivity index (χ0n) is 7.56. The van der Waals surface area contributed by atoms with E-state index in [-0.39, 0.29) is 5.69 Å². The zero-order chi connectivity index (χ0) is 10.1. The minimum absolute atomic E-state index is 0.0583. The summed E-state index contributed by atoms with van der Waals surface area (Å²) < 4.78 is 0. The normalized spacial score (nSPS) is 10.4. The first-order valence-corrected chi connectivity index (χ1v) is 4.13. The quantitative estimate of drug-likeness (QED) is 0.738. The van der Waals surface area contributed by atoms with Crippen molar-refractivity contribution >= 4 is 16.9 Å². The minimum atomic E-state index is -1.01. The van der Waals surface area contributed by atoms with E-state index in [1.807, 2.05) is 13.0 Å². The summed E-state index contributed by atoms with van der Waals surface area (Å²) in [6, 6.07) is 3.38. The van der Waals surface area contributed by atoms with Crippen LogP contribution in [0.5, 0.6) is 0 Å². The second-order valence-corrected chi connectivity index (χ2v) is 3.02. The number of carboxylic acids is 1. The summed E-state index contributed by atoms with van der Waals surface area (Å²) in [5, 5.41) is 9.72. The molecule has 4 heteroatoms. The van der Waals surface area contributed by atoms with Crippen molar-refractivity contribution in [2.45, 2.75) is 6.92 Å². The molecule has 0 saturated carbocycles. The Morgan fingerprint density at radius 2 is 2.29 bits per heavy atom. The standard InChI is InChI=1S/C10H8N2O2/c1-6-4-8(10(13)14)12-9-5-11-3-2-7(6)9/h2-5H,1H3,(H,13,14). The van der Waals surface area contributed by atoms with E-state index in [0.717, 1.165) is 10.9 Å². The van der Waals surface area contributed by atoms with Crippen molar-refractivity contribution in [3.63, 3.8) is 0 Å². The van der Waals surface area contributed by atoms with Crippen LogP contribution in [0.25, 0.3) is 10.9 Å². The van der Waals surface area contributed by atoms with E-state index in [4.69, 9.17) is 5.11 Å². The van der Waals surface area contributed by atoms with Gasteiger partial charge in [-0.05, 0) is 24.6 Å². The molecule has 0 bridgehead atoms. The van der Waals surface area contributed by atoms with Gasteiger partial charge in [-0.3, -0.25) is 4.98 Å². The van der Waals surface area contributed by atoms with Crippen LogP contribution in [0.1, 0.15) is 16.1 Å². The predicted octanol–water partition coefficient (Wildman–Crippen LogP) is 1.64. The van der Waals surface area contributed by atoms with Crippen LogP contribution in [0.15, 0.2) is 24.5 Å². The number of nitrogens with zero attached hydrogens (tertiary/aromatic N) is 2. The highest BCUT2D eigenvalue weighted by Crippen LogP contribution is 2.15. The number of pyridine rings is 2. The summed E-state index contributed by atoms with van der Waals surface area (Å²) in [7, 11) is 0. The largest absolute Gasteiger partial charge is 0.477 e. The van der Waals surface area contributed by atoms with Gasteiger partial charge in [0, 0.05) is 11.6 Å². The second-order valence-electron chi connectivity index (χ2n) is 3.02. The van der Waals surface area contributed by atoms with Crippen LogP contribution in [-0.4, -0.2) is 21.0 Å². The van der Waals surface area contributed by atoms with Gasteiger partial charge < -0.3 is 5.11 Å². The van der Waals surface area contributed by atoms with Gasteiger partial charge in [0.25, 0.3) is 0 Å². The van der Waals surface area contributed by atoms with Crippen LogP contribution in [0.2, 0.25) is 0 Å². The highest BCUT2D eigenvalue weighted by atomic mass is 16.4. The Labute approximate surface area is 80.2 Å². The van der Waals surface area contributed by atoms with Crippen LogP contribution in [0, 0.1) is 6.92 Å². The Morgan fingerprint density at radius 1 is 1.50 bits per heavy atom. The van der Waals surface area contributed by atoms with Gasteiger partial charge in [-0.15, -0.1) is 0 Å². The van der Waals surface area contributed by atoms with Crippen molar-refractivity contribution in [1.29, 1.82) is 0 Å². The van der Waals surface area contributed by atoms with Gasteiger partial charge in [-0.1, -0.05) is 0 Å². The molecule has 14 heavy (non-hydrogen) atoms. The number of hydrogen-bond donors (Lipinski definition) is 1. The Hall–Kier alpha value is -1.97. The molecule has 0 fully saturated rings. The van der Waals surface area contributed by atoms with E-state index in [1.165, 1.54) is 0 Å². The van der Waals surface area contributed by atoms with Crippen LogP contribution in [0.4, 0.5) is 0 Å². The molecule has 2 heterocycles. The lowest BCUT2D eigenvalue weighted by Crippen LogP contribution is -2.01. The Morgan fingerprint density at radius 3 is 3.00 bits per heavy atom. The first-order chi connectivity index (χ1) is 6.68. The molecule has 0 saturated heterocycles. The van der Waals surface area contributed by atoms with Gasteiger partial charge in [0.15, 0.2) is 0 Å². The fourth-order valence-corrected chi connectivity index (χ4v) is 1.36. The lowest BCUT2D eigenvalue weighted by molar-refractivity contribution is 0.0691. The van der Waals surface area contributed by atoms with E-state index in [1.54, 1.807) is 18.5 Å². The smallest absolute Gasteiger partial charge is 0.354 e. The molecule has 0 aliphatic rings. The summed E-state index contributed by atoms with van der Waals surface area (Å²) in [4.78, 5) is 18.6. The molecule has 2 aromatic rings. The molecule has 0 aliphatic carbocycles. The third kappa shape index (κ3) is 1.31. The molecule has 0 aromatic carbocycles. The Kier molecular flexibility index (Phi) is 1.89. The van der Waals surface area contributed by atoms with E-state index in [2.05, 4.69) is 9.97 Å². The van der Waals surface area contributed by atoms with Crippen LogP contribution < -0.4 is 0 Å².